The second-order valence-corrected chi connectivity index (χ2v) is 5.59. The van der Waals surface area contributed by atoms with Crippen LogP contribution in [0.15, 0.2) is 47.9 Å². The van der Waals surface area contributed by atoms with E-state index in [1.165, 1.54) is 18.1 Å². The molecule has 0 aliphatic heterocycles. The van der Waals surface area contributed by atoms with Gasteiger partial charge in [0, 0.05) is 12.7 Å². The van der Waals surface area contributed by atoms with E-state index in [9.17, 15) is 8.42 Å². The first-order valence-electron chi connectivity index (χ1n) is 5.64. The average molecular weight is 265 g/mol. The van der Waals surface area contributed by atoms with E-state index in [0.717, 1.165) is 19.4 Å². The quantitative estimate of drug-likeness (QED) is 0.881. The summed E-state index contributed by atoms with van der Waals surface area (Å²) in [6, 6.07) is 10.1. The fraction of sp³-hybridized carbons (Fsp3) is 0.250. The SMILES string of the molecule is NS(=O)(=O)c1cn(CCCc2ccccc2)cn1. The van der Waals surface area contributed by atoms with E-state index in [0.29, 0.717) is 0 Å². The Morgan fingerprint density at radius 2 is 1.94 bits per heavy atom. The molecule has 0 fully saturated rings. The van der Waals surface area contributed by atoms with Gasteiger partial charge < -0.3 is 4.57 Å². The number of hydrogen-bond donors (Lipinski definition) is 1. The molecule has 5 nitrogen and oxygen atoms in total. The first-order valence-corrected chi connectivity index (χ1v) is 7.19. The van der Waals surface area contributed by atoms with Crippen LogP contribution in [0.5, 0.6) is 0 Å². The van der Waals surface area contributed by atoms with Crippen LogP contribution in [0.3, 0.4) is 0 Å². The Bertz CT molecular complexity index is 605. The van der Waals surface area contributed by atoms with Crippen molar-refractivity contribution in [2.45, 2.75) is 24.4 Å². The van der Waals surface area contributed by atoms with Gasteiger partial charge in [-0.1, -0.05) is 30.3 Å². The minimum atomic E-state index is -3.69. The monoisotopic (exact) mass is 265 g/mol. The van der Waals surface area contributed by atoms with Gasteiger partial charge in [-0.25, -0.2) is 18.5 Å². The topological polar surface area (TPSA) is 78.0 Å². The van der Waals surface area contributed by atoms with Gasteiger partial charge in [0.05, 0.1) is 6.33 Å². The molecule has 0 spiro atoms. The smallest absolute Gasteiger partial charge is 0.257 e. The number of nitrogens with zero attached hydrogens (tertiary/aromatic N) is 2. The molecule has 96 valence electrons. The summed E-state index contributed by atoms with van der Waals surface area (Å²) in [4.78, 5) is 3.76. The number of sulfonamides is 1. The Balaban J connectivity index is 1.90. The molecule has 6 heteroatoms. The van der Waals surface area contributed by atoms with Crippen LogP contribution in [0.25, 0.3) is 0 Å². The van der Waals surface area contributed by atoms with Gasteiger partial charge in [-0.05, 0) is 18.4 Å². The zero-order valence-electron chi connectivity index (χ0n) is 9.86. The highest BCUT2D eigenvalue weighted by Crippen LogP contribution is 2.06. The zero-order chi connectivity index (χ0) is 13.0. The van der Waals surface area contributed by atoms with E-state index < -0.39 is 10.0 Å². The number of hydrogen-bond acceptors (Lipinski definition) is 3. The molecule has 0 atom stereocenters. The van der Waals surface area contributed by atoms with Crippen LogP contribution in [-0.4, -0.2) is 18.0 Å². The number of aromatic nitrogens is 2. The van der Waals surface area contributed by atoms with Crippen LogP contribution in [0.2, 0.25) is 0 Å². The van der Waals surface area contributed by atoms with Gasteiger partial charge in [0.25, 0.3) is 10.0 Å². The molecule has 2 aromatic rings. The highest BCUT2D eigenvalue weighted by Gasteiger charge is 2.10. The molecule has 1 aromatic carbocycles. The van der Waals surface area contributed by atoms with E-state index in [1.807, 2.05) is 18.2 Å². The summed E-state index contributed by atoms with van der Waals surface area (Å²) in [5.41, 5.74) is 1.27. The van der Waals surface area contributed by atoms with Crippen molar-refractivity contribution in [3.8, 4) is 0 Å². The maximum absolute atomic E-state index is 11.0. The van der Waals surface area contributed by atoms with Crippen molar-refractivity contribution in [3.63, 3.8) is 0 Å². The molecule has 0 bridgehead atoms. The second-order valence-electron chi connectivity index (χ2n) is 4.08. The number of nitrogens with two attached hydrogens (primary N) is 1. The molecule has 0 amide bonds. The predicted molar refractivity (Wildman–Crippen MR) is 68.4 cm³/mol. The third-order valence-corrected chi connectivity index (χ3v) is 3.42. The molecule has 18 heavy (non-hydrogen) atoms. The lowest BCUT2D eigenvalue weighted by Crippen LogP contribution is -2.12. The summed E-state index contributed by atoms with van der Waals surface area (Å²) in [6.45, 7) is 0.720. The van der Waals surface area contributed by atoms with Crippen LogP contribution < -0.4 is 5.14 Å². The van der Waals surface area contributed by atoms with Gasteiger partial charge >= 0.3 is 0 Å². The molecular formula is C12H15N3O2S. The molecule has 0 saturated carbocycles. The van der Waals surface area contributed by atoms with E-state index in [4.69, 9.17) is 5.14 Å². The van der Waals surface area contributed by atoms with Gasteiger partial charge in [0.1, 0.15) is 0 Å². The number of benzene rings is 1. The molecule has 0 aliphatic carbocycles. The van der Waals surface area contributed by atoms with Crippen molar-refractivity contribution in [3.05, 3.63) is 48.4 Å². The van der Waals surface area contributed by atoms with Crippen molar-refractivity contribution in [2.75, 3.05) is 0 Å². The fourth-order valence-corrected chi connectivity index (χ4v) is 2.20. The maximum Gasteiger partial charge on any atom is 0.257 e. The lowest BCUT2D eigenvalue weighted by Gasteiger charge is -2.02. The predicted octanol–water partition coefficient (Wildman–Crippen LogP) is 1.16. The number of primary sulfonamides is 1. The van der Waals surface area contributed by atoms with Crippen molar-refractivity contribution < 1.29 is 8.42 Å². The summed E-state index contributed by atoms with van der Waals surface area (Å²) < 4.78 is 23.8. The van der Waals surface area contributed by atoms with Gasteiger partial charge in [-0.2, -0.15) is 0 Å². The van der Waals surface area contributed by atoms with Crippen molar-refractivity contribution in [2.24, 2.45) is 5.14 Å². The molecule has 0 unspecified atom stereocenters. The third kappa shape index (κ3) is 3.41. The normalized spacial score (nSPS) is 11.6. The van der Waals surface area contributed by atoms with Gasteiger partial charge in [-0.15, -0.1) is 0 Å². The summed E-state index contributed by atoms with van der Waals surface area (Å²) in [7, 11) is -3.69. The minimum absolute atomic E-state index is 0.0813. The lowest BCUT2D eigenvalue weighted by molar-refractivity contribution is 0.594. The summed E-state index contributed by atoms with van der Waals surface area (Å²) in [6.07, 6.45) is 4.82. The first-order chi connectivity index (χ1) is 8.55. The van der Waals surface area contributed by atoms with E-state index in [-0.39, 0.29) is 5.03 Å². The number of rotatable bonds is 5. The van der Waals surface area contributed by atoms with Crippen LogP contribution >= 0.6 is 0 Å². The van der Waals surface area contributed by atoms with Gasteiger partial charge in [0.15, 0.2) is 5.03 Å². The van der Waals surface area contributed by atoms with Gasteiger partial charge in [0.2, 0.25) is 0 Å². The van der Waals surface area contributed by atoms with Gasteiger partial charge in [-0.3, -0.25) is 0 Å². The lowest BCUT2D eigenvalue weighted by atomic mass is 10.1. The zero-order valence-corrected chi connectivity index (χ0v) is 10.7. The van der Waals surface area contributed by atoms with Crippen LogP contribution in [-0.2, 0) is 23.0 Å². The molecule has 1 aromatic heterocycles. The van der Waals surface area contributed by atoms with Crippen molar-refractivity contribution in [1.29, 1.82) is 0 Å². The Morgan fingerprint density at radius 3 is 2.56 bits per heavy atom. The Morgan fingerprint density at radius 1 is 1.22 bits per heavy atom. The third-order valence-electron chi connectivity index (χ3n) is 2.63. The van der Waals surface area contributed by atoms with Crippen molar-refractivity contribution in [1.82, 2.24) is 9.55 Å². The van der Waals surface area contributed by atoms with E-state index in [2.05, 4.69) is 17.1 Å². The standard InChI is InChI=1S/C12H15N3O2S/c13-18(16,17)12-9-15(10-14-12)8-4-7-11-5-2-1-3-6-11/h1-3,5-6,9-10H,4,7-8H2,(H2,13,16,17). The molecule has 1 heterocycles. The van der Waals surface area contributed by atoms with Crippen LogP contribution in [0.1, 0.15) is 12.0 Å². The van der Waals surface area contributed by atoms with Crippen LogP contribution in [0.4, 0.5) is 0 Å². The molecule has 0 aliphatic rings. The number of imidazole rings is 1. The maximum atomic E-state index is 11.0. The molecule has 2 rings (SSSR count). The molecule has 2 N–H and O–H groups in total. The Hall–Kier alpha value is -1.66. The highest BCUT2D eigenvalue weighted by molar-refractivity contribution is 7.89. The van der Waals surface area contributed by atoms with E-state index >= 15 is 0 Å². The number of aryl methyl sites for hydroxylation is 2. The Labute approximate surface area is 106 Å². The largest absolute Gasteiger partial charge is 0.336 e. The summed E-state index contributed by atoms with van der Waals surface area (Å²) in [5.74, 6) is 0. The fourth-order valence-electron chi connectivity index (χ4n) is 1.72. The highest BCUT2D eigenvalue weighted by atomic mass is 32.2. The summed E-state index contributed by atoms with van der Waals surface area (Å²) in [5, 5.41) is 4.90. The Kier molecular flexibility index (Phi) is 3.78. The van der Waals surface area contributed by atoms with Crippen LogP contribution in [0, 0.1) is 0 Å². The minimum Gasteiger partial charge on any atom is -0.336 e. The molecule has 0 saturated heterocycles. The molecular weight excluding hydrogens is 250 g/mol. The first kappa shape index (κ1) is 12.8. The average Bonchev–Trinajstić information content (AvgIpc) is 2.79. The van der Waals surface area contributed by atoms with E-state index in [1.54, 1.807) is 4.57 Å². The van der Waals surface area contributed by atoms with Crippen molar-refractivity contribution >= 4 is 10.0 Å². The second kappa shape index (κ2) is 5.32. The molecule has 0 radical (unpaired) electrons. The summed E-state index contributed by atoms with van der Waals surface area (Å²) >= 11 is 0.